The summed E-state index contributed by atoms with van der Waals surface area (Å²) in [5.74, 6) is 0.900. The van der Waals surface area contributed by atoms with Gasteiger partial charge in [-0.3, -0.25) is 0 Å². The molecule has 3 heteroatoms. The van der Waals surface area contributed by atoms with Gasteiger partial charge in [-0.05, 0) is 45.3 Å². The van der Waals surface area contributed by atoms with Crippen LogP contribution in [-0.4, -0.2) is 49.3 Å². The summed E-state index contributed by atoms with van der Waals surface area (Å²) < 4.78 is 0. The van der Waals surface area contributed by atoms with E-state index < -0.39 is 0 Å². The van der Waals surface area contributed by atoms with E-state index in [1.807, 2.05) is 7.05 Å². The molecule has 1 aliphatic rings. The Labute approximate surface area is 87.5 Å². The maximum Gasteiger partial charge on any atom is 0.0446 e. The van der Waals surface area contributed by atoms with Gasteiger partial charge in [-0.15, -0.1) is 0 Å². The molecule has 0 aromatic heterocycles. The van der Waals surface area contributed by atoms with E-state index in [9.17, 15) is 0 Å². The van der Waals surface area contributed by atoms with Crippen LogP contribution in [0, 0.1) is 5.92 Å². The molecule has 0 amide bonds. The SMILES string of the molecule is CNC(CCO)CN1CCC(C)CC1. The Morgan fingerprint density at radius 2 is 2.07 bits per heavy atom. The number of piperidine rings is 1. The molecule has 0 aromatic rings. The van der Waals surface area contributed by atoms with Crippen LogP contribution >= 0.6 is 0 Å². The van der Waals surface area contributed by atoms with E-state index in [1.54, 1.807) is 0 Å². The van der Waals surface area contributed by atoms with E-state index in [4.69, 9.17) is 5.11 Å². The predicted octanol–water partition coefficient (Wildman–Crippen LogP) is 0.689. The fraction of sp³-hybridized carbons (Fsp3) is 1.00. The molecule has 2 N–H and O–H groups in total. The Morgan fingerprint density at radius 3 is 2.57 bits per heavy atom. The molecular formula is C11H24N2O. The maximum absolute atomic E-state index is 8.88. The van der Waals surface area contributed by atoms with Gasteiger partial charge in [0.25, 0.3) is 0 Å². The molecule has 14 heavy (non-hydrogen) atoms. The second kappa shape index (κ2) is 6.38. The van der Waals surface area contributed by atoms with Gasteiger partial charge < -0.3 is 15.3 Å². The van der Waals surface area contributed by atoms with Crippen LogP contribution in [0.15, 0.2) is 0 Å². The molecule has 1 heterocycles. The van der Waals surface area contributed by atoms with Crippen LogP contribution in [0.5, 0.6) is 0 Å². The van der Waals surface area contributed by atoms with Gasteiger partial charge in [-0.2, -0.15) is 0 Å². The Balaban J connectivity index is 2.21. The number of likely N-dealkylation sites (tertiary alicyclic amines) is 1. The van der Waals surface area contributed by atoms with Crippen molar-refractivity contribution in [2.75, 3.05) is 33.3 Å². The van der Waals surface area contributed by atoms with Crippen molar-refractivity contribution < 1.29 is 5.11 Å². The van der Waals surface area contributed by atoms with E-state index >= 15 is 0 Å². The first-order valence-corrected chi connectivity index (χ1v) is 5.76. The molecule has 1 rings (SSSR count). The van der Waals surface area contributed by atoms with E-state index in [0.29, 0.717) is 6.04 Å². The van der Waals surface area contributed by atoms with E-state index in [2.05, 4.69) is 17.1 Å². The zero-order valence-corrected chi connectivity index (χ0v) is 9.50. The molecule has 1 unspecified atom stereocenters. The normalized spacial score (nSPS) is 22.5. The molecule has 1 aliphatic heterocycles. The summed E-state index contributed by atoms with van der Waals surface area (Å²) >= 11 is 0. The molecule has 1 fully saturated rings. The number of hydrogen-bond donors (Lipinski definition) is 2. The zero-order chi connectivity index (χ0) is 10.4. The molecule has 0 aromatic carbocycles. The van der Waals surface area contributed by atoms with Crippen molar-refractivity contribution in [3.05, 3.63) is 0 Å². The smallest absolute Gasteiger partial charge is 0.0446 e. The first-order valence-electron chi connectivity index (χ1n) is 5.76. The van der Waals surface area contributed by atoms with Crippen LogP contribution in [0.3, 0.4) is 0 Å². The Hall–Kier alpha value is -0.120. The van der Waals surface area contributed by atoms with Gasteiger partial charge in [0.15, 0.2) is 0 Å². The third kappa shape index (κ3) is 3.95. The zero-order valence-electron chi connectivity index (χ0n) is 9.50. The van der Waals surface area contributed by atoms with Crippen molar-refractivity contribution in [2.24, 2.45) is 5.92 Å². The predicted molar refractivity (Wildman–Crippen MR) is 59.4 cm³/mol. The topological polar surface area (TPSA) is 35.5 Å². The standard InChI is InChI=1S/C11H24N2O/c1-10-3-6-13(7-4-10)9-11(12-2)5-8-14/h10-12,14H,3-9H2,1-2H3. The average Bonchev–Trinajstić information content (AvgIpc) is 2.20. The molecule has 0 radical (unpaired) electrons. The number of hydrogen-bond acceptors (Lipinski definition) is 3. The van der Waals surface area contributed by atoms with Crippen LogP contribution in [0.25, 0.3) is 0 Å². The first-order chi connectivity index (χ1) is 6.76. The minimum Gasteiger partial charge on any atom is -0.396 e. The molecular weight excluding hydrogens is 176 g/mol. The molecule has 0 spiro atoms. The monoisotopic (exact) mass is 200 g/mol. The lowest BCUT2D eigenvalue weighted by Gasteiger charge is -2.32. The summed E-state index contributed by atoms with van der Waals surface area (Å²) in [6, 6.07) is 0.452. The van der Waals surface area contributed by atoms with Crippen molar-refractivity contribution in [1.82, 2.24) is 10.2 Å². The summed E-state index contributed by atoms with van der Waals surface area (Å²) in [6.07, 6.45) is 3.52. The number of nitrogens with one attached hydrogen (secondary N) is 1. The second-order valence-electron chi connectivity index (χ2n) is 4.48. The molecule has 0 saturated carbocycles. The fourth-order valence-electron chi connectivity index (χ4n) is 2.04. The summed E-state index contributed by atoms with van der Waals surface area (Å²) in [6.45, 7) is 6.16. The van der Waals surface area contributed by atoms with Crippen LogP contribution in [0.4, 0.5) is 0 Å². The quantitative estimate of drug-likeness (QED) is 0.685. The van der Waals surface area contributed by atoms with Gasteiger partial charge in [0.1, 0.15) is 0 Å². The third-order valence-corrected chi connectivity index (χ3v) is 3.24. The Bertz CT molecular complexity index is 144. The summed E-state index contributed by atoms with van der Waals surface area (Å²) in [5, 5.41) is 12.1. The average molecular weight is 200 g/mol. The highest BCUT2D eigenvalue weighted by Gasteiger charge is 2.18. The van der Waals surface area contributed by atoms with Crippen molar-refractivity contribution in [1.29, 1.82) is 0 Å². The van der Waals surface area contributed by atoms with Gasteiger partial charge in [0, 0.05) is 19.2 Å². The molecule has 0 bridgehead atoms. The fourth-order valence-corrected chi connectivity index (χ4v) is 2.04. The number of likely N-dealkylation sites (N-methyl/N-ethyl adjacent to an activating group) is 1. The summed E-state index contributed by atoms with van der Waals surface area (Å²) in [5.41, 5.74) is 0. The number of aliphatic hydroxyl groups excluding tert-OH is 1. The molecule has 84 valence electrons. The molecule has 1 saturated heterocycles. The summed E-state index contributed by atoms with van der Waals surface area (Å²) in [4.78, 5) is 2.51. The molecule has 1 atom stereocenters. The molecule has 3 nitrogen and oxygen atoms in total. The number of aliphatic hydroxyl groups is 1. The highest BCUT2D eigenvalue weighted by atomic mass is 16.3. The van der Waals surface area contributed by atoms with Gasteiger partial charge in [0.05, 0.1) is 0 Å². The van der Waals surface area contributed by atoms with Gasteiger partial charge in [0.2, 0.25) is 0 Å². The largest absolute Gasteiger partial charge is 0.396 e. The number of rotatable bonds is 5. The van der Waals surface area contributed by atoms with Crippen molar-refractivity contribution in [2.45, 2.75) is 32.2 Å². The van der Waals surface area contributed by atoms with Gasteiger partial charge >= 0.3 is 0 Å². The number of nitrogens with zero attached hydrogens (tertiary/aromatic N) is 1. The summed E-state index contributed by atoms with van der Waals surface area (Å²) in [7, 11) is 1.98. The maximum atomic E-state index is 8.88. The minimum atomic E-state index is 0.287. The van der Waals surface area contributed by atoms with Gasteiger partial charge in [-0.1, -0.05) is 6.92 Å². The Kier molecular flexibility index (Phi) is 5.45. The van der Waals surface area contributed by atoms with E-state index in [1.165, 1.54) is 25.9 Å². The first kappa shape index (κ1) is 12.0. The van der Waals surface area contributed by atoms with Crippen LogP contribution < -0.4 is 5.32 Å². The lowest BCUT2D eigenvalue weighted by molar-refractivity contribution is 0.164. The second-order valence-corrected chi connectivity index (χ2v) is 4.48. The van der Waals surface area contributed by atoms with E-state index in [-0.39, 0.29) is 6.61 Å². The minimum absolute atomic E-state index is 0.287. The highest BCUT2D eigenvalue weighted by Crippen LogP contribution is 2.16. The van der Waals surface area contributed by atoms with Crippen molar-refractivity contribution >= 4 is 0 Å². The van der Waals surface area contributed by atoms with Gasteiger partial charge in [-0.25, -0.2) is 0 Å². The van der Waals surface area contributed by atoms with Crippen LogP contribution in [-0.2, 0) is 0 Å². The van der Waals surface area contributed by atoms with Crippen LogP contribution in [0.2, 0.25) is 0 Å². The Morgan fingerprint density at radius 1 is 1.43 bits per heavy atom. The molecule has 0 aliphatic carbocycles. The van der Waals surface area contributed by atoms with Crippen molar-refractivity contribution in [3.8, 4) is 0 Å². The van der Waals surface area contributed by atoms with E-state index in [0.717, 1.165) is 18.9 Å². The van der Waals surface area contributed by atoms with Crippen molar-refractivity contribution in [3.63, 3.8) is 0 Å². The lowest BCUT2D eigenvalue weighted by Crippen LogP contribution is -2.43. The van der Waals surface area contributed by atoms with Crippen LogP contribution in [0.1, 0.15) is 26.2 Å². The highest BCUT2D eigenvalue weighted by molar-refractivity contribution is 4.75. The lowest BCUT2D eigenvalue weighted by atomic mass is 9.99. The third-order valence-electron chi connectivity index (χ3n) is 3.24.